The van der Waals surface area contributed by atoms with Gasteiger partial charge in [0.1, 0.15) is 23.6 Å². The lowest BCUT2D eigenvalue weighted by Crippen LogP contribution is -2.33. The van der Waals surface area contributed by atoms with Gasteiger partial charge in [0.05, 0.1) is 24.0 Å². The molecule has 0 atom stereocenters. The Morgan fingerprint density at radius 1 is 0.865 bits per heavy atom. The van der Waals surface area contributed by atoms with Crippen LogP contribution < -0.4 is 15.4 Å². The predicted molar refractivity (Wildman–Crippen MR) is 142 cm³/mol. The van der Waals surface area contributed by atoms with Gasteiger partial charge in [0.2, 0.25) is 5.91 Å². The number of hydrogen-bond acceptors (Lipinski definition) is 6. The second-order valence-corrected chi connectivity index (χ2v) is 8.89. The van der Waals surface area contributed by atoms with Crippen molar-refractivity contribution in [3.63, 3.8) is 0 Å². The van der Waals surface area contributed by atoms with E-state index in [2.05, 4.69) is 37.8 Å². The van der Waals surface area contributed by atoms with E-state index in [4.69, 9.17) is 4.74 Å². The SMILES string of the molecule is O=C(NCCn1ncc2c(NCCc3ccccc3)ncnc21)C1c2ccccc2Oc2ccccc21. The number of anilines is 1. The van der Waals surface area contributed by atoms with E-state index < -0.39 is 5.92 Å². The van der Waals surface area contributed by atoms with Crippen molar-refractivity contribution < 1.29 is 9.53 Å². The average Bonchev–Trinajstić information content (AvgIpc) is 3.36. The summed E-state index contributed by atoms with van der Waals surface area (Å²) in [6.07, 6.45) is 4.21. The molecule has 0 fully saturated rings. The van der Waals surface area contributed by atoms with E-state index >= 15 is 0 Å². The van der Waals surface area contributed by atoms with Gasteiger partial charge in [-0.1, -0.05) is 66.7 Å². The minimum absolute atomic E-state index is 0.0717. The molecule has 8 nitrogen and oxygen atoms in total. The Bertz CT molecular complexity index is 1500. The van der Waals surface area contributed by atoms with Crippen LogP contribution in [0.15, 0.2) is 91.4 Å². The third-order valence-electron chi connectivity index (χ3n) is 6.55. The summed E-state index contributed by atoms with van der Waals surface area (Å²) in [5, 5.41) is 11.9. The highest BCUT2D eigenvalue weighted by atomic mass is 16.5. The molecule has 0 saturated carbocycles. The molecular weight excluding hydrogens is 464 g/mol. The number of carbonyl (C=O) groups is 1. The number of nitrogens with one attached hydrogen (secondary N) is 2. The third kappa shape index (κ3) is 4.61. The summed E-state index contributed by atoms with van der Waals surface area (Å²) in [4.78, 5) is 22.2. The highest BCUT2D eigenvalue weighted by molar-refractivity contribution is 5.89. The maximum atomic E-state index is 13.4. The summed E-state index contributed by atoms with van der Waals surface area (Å²) in [6, 6.07) is 25.7. The van der Waals surface area contributed by atoms with E-state index in [9.17, 15) is 4.79 Å². The molecule has 5 aromatic rings. The molecule has 37 heavy (non-hydrogen) atoms. The van der Waals surface area contributed by atoms with Gasteiger partial charge in [0, 0.05) is 24.2 Å². The first-order valence-corrected chi connectivity index (χ1v) is 12.4. The Morgan fingerprint density at radius 3 is 2.32 bits per heavy atom. The maximum Gasteiger partial charge on any atom is 0.232 e. The van der Waals surface area contributed by atoms with Crippen molar-refractivity contribution in [2.45, 2.75) is 18.9 Å². The summed E-state index contributed by atoms with van der Waals surface area (Å²) in [7, 11) is 0. The molecule has 0 bridgehead atoms. The van der Waals surface area contributed by atoms with Crippen LogP contribution in [-0.4, -0.2) is 38.7 Å². The minimum atomic E-state index is -0.432. The van der Waals surface area contributed by atoms with E-state index in [0.29, 0.717) is 24.6 Å². The zero-order valence-electron chi connectivity index (χ0n) is 20.2. The number of amides is 1. The molecule has 184 valence electrons. The Kier molecular flexibility index (Phi) is 6.21. The summed E-state index contributed by atoms with van der Waals surface area (Å²) < 4.78 is 7.82. The molecule has 0 unspecified atom stereocenters. The van der Waals surface area contributed by atoms with Gasteiger partial charge < -0.3 is 15.4 Å². The molecular formula is C29H26N6O2. The van der Waals surface area contributed by atoms with Crippen LogP contribution in [0.25, 0.3) is 11.0 Å². The number of aromatic nitrogens is 4. The normalized spacial score (nSPS) is 12.4. The molecule has 2 aromatic heterocycles. The molecule has 1 amide bonds. The Hall–Kier alpha value is -4.72. The highest BCUT2D eigenvalue weighted by Gasteiger charge is 2.32. The van der Waals surface area contributed by atoms with Crippen LogP contribution >= 0.6 is 0 Å². The van der Waals surface area contributed by atoms with Crippen molar-refractivity contribution in [2.24, 2.45) is 0 Å². The quantitative estimate of drug-likeness (QED) is 0.332. The molecule has 2 N–H and O–H groups in total. The number of benzene rings is 3. The number of fused-ring (bicyclic) bond motifs is 3. The van der Waals surface area contributed by atoms with E-state index in [0.717, 1.165) is 40.9 Å². The molecule has 1 aliphatic rings. The van der Waals surface area contributed by atoms with Gasteiger partial charge in [-0.05, 0) is 24.1 Å². The number of nitrogens with zero attached hydrogens (tertiary/aromatic N) is 4. The first-order valence-electron chi connectivity index (χ1n) is 12.4. The standard InChI is InChI=1S/C29H26N6O2/c36-29(26-21-10-4-6-12-24(21)37-25-13-7-5-11-22(25)26)31-16-17-35-28-23(18-34-35)27(32-19-33-28)30-15-14-20-8-2-1-3-9-20/h1-13,18-19,26H,14-17H2,(H,31,36)(H,30,32,33). The lowest BCUT2D eigenvalue weighted by Gasteiger charge is -2.27. The first-order chi connectivity index (χ1) is 18.3. The van der Waals surface area contributed by atoms with Gasteiger partial charge in [-0.2, -0.15) is 5.10 Å². The summed E-state index contributed by atoms with van der Waals surface area (Å²) >= 11 is 0. The van der Waals surface area contributed by atoms with E-state index in [-0.39, 0.29) is 5.91 Å². The topological polar surface area (TPSA) is 94.0 Å². The predicted octanol–water partition coefficient (Wildman–Crippen LogP) is 4.53. The summed E-state index contributed by atoms with van der Waals surface area (Å²) in [5.41, 5.74) is 3.72. The second-order valence-electron chi connectivity index (χ2n) is 8.89. The minimum Gasteiger partial charge on any atom is -0.457 e. The van der Waals surface area contributed by atoms with Crippen molar-refractivity contribution in [1.29, 1.82) is 0 Å². The number of hydrogen-bond donors (Lipinski definition) is 2. The summed E-state index contributed by atoms with van der Waals surface area (Å²) in [5.74, 6) is 1.68. The van der Waals surface area contributed by atoms with E-state index in [1.54, 1.807) is 17.2 Å². The van der Waals surface area contributed by atoms with E-state index in [1.165, 1.54) is 5.56 Å². The van der Waals surface area contributed by atoms with Crippen LogP contribution in [0.2, 0.25) is 0 Å². The molecule has 8 heteroatoms. The largest absolute Gasteiger partial charge is 0.457 e. The second kappa shape index (κ2) is 10.1. The lowest BCUT2D eigenvalue weighted by atomic mass is 9.87. The number of para-hydroxylation sites is 2. The van der Waals surface area contributed by atoms with Gasteiger partial charge in [-0.3, -0.25) is 4.79 Å². The van der Waals surface area contributed by atoms with Crippen LogP contribution in [0.3, 0.4) is 0 Å². The van der Waals surface area contributed by atoms with Crippen LogP contribution in [0.4, 0.5) is 5.82 Å². The van der Waals surface area contributed by atoms with Crippen molar-refractivity contribution in [2.75, 3.05) is 18.4 Å². The molecule has 6 rings (SSSR count). The Morgan fingerprint density at radius 2 is 1.57 bits per heavy atom. The Balaban J connectivity index is 1.13. The van der Waals surface area contributed by atoms with Crippen molar-refractivity contribution in [1.82, 2.24) is 25.1 Å². The van der Waals surface area contributed by atoms with Gasteiger partial charge in [0.15, 0.2) is 5.65 Å². The van der Waals surface area contributed by atoms with Gasteiger partial charge in [-0.25, -0.2) is 14.6 Å². The molecule has 0 aliphatic carbocycles. The Labute approximate surface area is 214 Å². The first kappa shape index (κ1) is 22.7. The fraction of sp³-hybridized carbons (Fsp3) is 0.172. The fourth-order valence-electron chi connectivity index (χ4n) is 4.75. The van der Waals surface area contributed by atoms with Crippen LogP contribution in [-0.2, 0) is 17.8 Å². The van der Waals surface area contributed by atoms with Crippen molar-refractivity contribution in [3.05, 3.63) is 108 Å². The van der Waals surface area contributed by atoms with Gasteiger partial charge in [0.25, 0.3) is 0 Å². The average molecular weight is 491 g/mol. The zero-order chi connectivity index (χ0) is 25.0. The number of carbonyl (C=O) groups excluding carboxylic acids is 1. The molecule has 1 aliphatic heterocycles. The maximum absolute atomic E-state index is 13.4. The van der Waals surface area contributed by atoms with Crippen LogP contribution in [0.1, 0.15) is 22.6 Å². The zero-order valence-corrected chi connectivity index (χ0v) is 20.2. The summed E-state index contributed by atoms with van der Waals surface area (Å²) in [6.45, 7) is 1.66. The van der Waals surface area contributed by atoms with Crippen LogP contribution in [0, 0.1) is 0 Å². The van der Waals surface area contributed by atoms with Gasteiger partial charge in [-0.15, -0.1) is 0 Å². The smallest absolute Gasteiger partial charge is 0.232 e. The molecule has 0 spiro atoms. The monoisotopic (exact) mass is 490 g/mol. The van der Waals surface area contributed by atoms with Crippen LogP contribution in [0.5, 0.6) is 11.5 Å². The number of rotatable bonds is 8. The molecule has 3 heterocycles. The lowest BCUT2D eigenvalue weighted by molar-refractivity contribution is -0.121. The third-order valence-corrected chi connectivity index (χ3v) is 6.55. The molecule has 3 aromatic carbocycles. The van der Waals surface area contributed by atoms with Gasteiger partial charge >= 0.3 is 0 Å². The molecule has 0 saturated heterocycles. The van der Waals surface area contributed by atoms with Crippen molar-refractivity contribution >= 4 is 22.8 Å². The highest BCUT2D eigenvalue weighted by Crippen LogP contribution is 2.43. The number of ether oxygens (including phenoxy) is 1. The van der Waals surface area contributed by atoms with Crippen molar-refractivity contribution in [3.8, 4) is 11.5 Å². The van der Waals surface area contributed by atoms with E-state index in [1.807, 2.05) is 66.7 Å². The fourth-order valence-corrected chi connectivity index (χ4v) is 4.75. The molecule has 0 radical (unpaired) electrons.